The van der Waals surface area contributed by atoms with Gasteiger partial charge in [0, 0.05) is 0 Å². The van der Waals surface area contributed by atoms with Crippen molar-refractivity contribution in [3.8, 4) is 5.75 Å². The summed E-state index contributed by atoms with van der Waals surface area (Å²) in [5, 5.41) is 3.13. The maximum absolute atomic E-state index is 12.6. The van der Waals surface area contributed by atoms with Crippen LogP contribution < -0.4 is 25.8 Å². The first kappa shape index (κ1) is 20.0. The van der Waals surface area contributed by atoms with Crippen molar-refractivity contribution < 1.29 is 27.6 Å². The molecule has 24 heavy (non-hydrogen) atoms. The molecule has 1 amide bonds. The molecule has 6 nitrogen and oxygen atoms in total. The highest BCUT2D eigenvalue weighted by Crippen LogP contribution is 2.31. The summed E-state index contributed by atoms with van der Waals surface area (Å²) in [5.41, 5.74) is 3.93. The number of hydrogen-bond acceptors (Lipinski definition) is 3. The fourth-order valence-corrected chi connectivity index (χ4v) is 1.70. The van der Waals surface area contributed by atoms with Crippen LogP contribution in [0, 0.1) is 0 Å². The Kier molecular flexibility index (Phi) is 7.72. The van der Waals surface area contributed by atoms with E-state index in [1.165, 1.54) is 17.0 Å². The third-order valence-electron chi connectivity index (χ3n) is 2.76. The van der Waals surface area contributed by atoms with Gasteiger partial charge in [-0.25, -0.2) is 0 Å². The lowest BCUT2D eigenvalue weighted by Gasteiger charge is -2.13. The van der Waals surface area contributed by atoms with E-state index >= 15 is 0 Å². The molecule has 0 aliphatic rings. The number of benzene rings is 1. The van der Waals surface area contributed by atoms with Gasteiger partial charge in [-0.15, -0.1) is 0 Å². The van der Waals surface area contributed by atoms with Crippen LogP contribution in [0.15, 0.2) is 24.3 Å². The van der Waals surface area contributed by atoms with Crippen LogP contribution in [0.5, 0.6) is 5.75 Å². The first-order valence-electron chi connectivity index (χ1n) is 7.10. The van der Waals surface area contributed by atoms with Gasteiger partial charge in [0.05, 0.1) is 32.7 Å². The van der Waals surface area contributed by atoms with Crippen molar-refractivity contribution >= 4 is 23.2 Å². The Labute approximate surface area is 143 Å². The summed E-state index contributed by atoms with van der Waals surface area (Å²) in [6.07, 6.45) is -4.46. The number of amides is 1. The minimum Gasteiger partial charge on any atom is -0.484 e. The highest BCUT2D eigenvalue weighted by atomic mass is 32.1. The second-order valence-electron chi connectivity index (χ2n) is 5.20. The Morgan fingerprint density at radius 3 is 2.62 bits per heavy atom. The Balaban J connectivity index is 2.33. The number of likely N-dealkylation sites (N-methyl/N-ethyl adjacent to an activating group) is 1. The van der Waals surface area contributed by atoms with Crippen LogP contribution in [0.3, 0.4) is 0 Å². The first-order chi connectivity index (χ1) is 11.2. The summed E-state index contributed by atoms with van der Waals surface area (Å²) >= 11 is 4.95. The van der Waals surface area contributed by atoms with Crippen molar-refractivity contribution in [3.63, 3.8) is 0 Å². The molecular formula is C14H20F3N4O2S+. The Morgan fingerprint density at radius 2 is 2.00 bits per heavy atom. The van der Waals surface area contributed by atoms with Crippen LogP contribution in [-0.2, 0) is 11.0 Å². The largest absolute Gasteiger partial charge is 0.484 e. The molecule has 4 N–H and O–H groups in total. The van der Waals surface area contributed by atoms with Gasteiger partial charge >= 0.3 is 6.18 Å². The van der Waals surface area contributed by atoms with E-state index < -0.39 is 24.3 Å². The fraction of sp³-hybridized carbons (Fsp3) is 0.429. The Bertz CT molecular complexity index is 567. The van der Waals surface area contributed by atoms with Gasteiger partial charge in [0.1, 0.15) is 5.75 Å². The van der Waals surface area contributed by atoms with E-state index in [4.69, 9.17) is 17.0 Å². The summed E-state index contributed by atoms with van der Waals surface area (Å²) in [6.45, 7) is 1.03. The fourth-order valence-electron chi connectivity index (χ4n) is 1.54. The van der Waals surface area contributed by atoms with E-state index in [9.17, 15) is 18.0 Å². The van der Waals surface area contributed by atoms with E-state index in [1.54, 1.807) is 0 Å². The number of hydrogen-bond donors (Lipinski definition) is 4. The molecule has 0 atom stereocenters. The summed E-state index contributed by atoms with van der Waals surface area (Å²) < 4.78 is 42.7. The zero-order valence-corrected chi connectivity index (χ0v) is 14.1. The maximum Gasteiger partial charge on any atom is 0.416 e. The highest BCUT2D eigenvalue weighted by molar-refractivity contribution is 7.80. The van der Waals surface area contributed by atoms with E-state index in [-0.39, 0.29) is 10.9 Å². The van der Waals surface area contributed by atoms with Crippen LogP contribution in [0.2, 0.25) is 0 Å². The van der Waals surface area contributed by atoms with Gasteiger partial charge in [-0.1, -0.05) is 6.07 Å². The normalized spacial score (nSPS) is 11.1. The minimum absolute atomic E-state index is 0.0466. The molecule has 1 rings (SSSR count). The van der Waals surface area contributed by atoms with Gasteiger partial charge in [0.2, 0.25) is 0 Å². The van der Waals surface area contributed by atoms with Gasteiger partial charge in [0.15, 0.2) is 11.7 Å². The second kappa shape index (κ2) is 9.28. The number of carbonyl (C=O) groups excluding carboxylic acids is 1. The number of nitrogens with one attached hydrogen (secondary N) is 4. The number of alkyl halides is 3. The number of hydrazine groups is 1. The van der Waals surface area contributed by atoms with Crippen molar-refractivity contribution in [1.29, 1.82) is 0 Å². The van der Waals surface area contributed by atoms with E-state index in [2.05, 4.69) is 16.2 Å². The molecule has 1 aromatic rings. The molecule has 0 unspecified atom stereocenters. The standard InChI is InChI=1S/C14H19F3N4O2S/c1-21(2)7-6-18-13(24)20-19-12(22)9-23-11-5-3-4-10(8-11)14(15,16)17/h3-5,8H,6-7,9H2,1-2H3,(H,19,22)(H2,18,20,24)/p+1. The molecule has 0 aliphatic carbocycles. The molecule has 0 bridgehead atoms. The lowest BCUT2D eigenvalue weighted by Crippen LogP contribution is -3.06. The summed E-state index contributed by atoms with van der Waals surface area (Å²) in [7, 11) is 3.98. The summed E-state index contributed by atoms with van der Waals surface area (Å²) in [6, 6.07) is 4.30. The smallest absolute Gasteiger partial charge is 0.416 e. The number of carbonyl (C=O) groups is 1. The lowest BCUT2D eigenvalue weighted by atomic mass is 10.2. The van der Waals surface area contributed by atoms with Gasteiger partial charge in [-0.05, 0) is 30.4 Å². The van der Waals surface area contributed by atoms with Crippen LogP contribution in [0.1, 0.15) is 5.56 Å². The summed E-state index contributed by atoms with van der Waals surface area (Å²) in [4.78, 5) is 12.8. The van der Waals surface area contributed by atoms with E-state index in [0.29, 0.717) is 6.54 Å². The number of rotatable bonds is 6. The molecule has 0 fully saturated rings. The molecule has 1 aromatic carbocycles. The monoisotopic (exact) mass is 365 g/mol. The molecule has 0 aliphatic heterocycles. The van der Waals surface area contributed by atoms with Gasteiger partial charge in [-0.2, -0.15) is 13.2 Å². The average Bonchev–Trinajstić information content (AvgIpc) is 2.50. The minimum atomic E-state index is -4.46. The van der Waals surface area contributed by atoms with Crippen LogP contribution >= 0.6 is 12.2 Å². The molecule has 0 saturated heterocycles. The van der Waals surface area contributed by atoms with E-state index in [0.717, 1.165) is 18.7 Å². The number of halogens is 3. The SMILES string of the molecule is C[NH+](C)CCNC(=S)NNC(=O)COc1cccc(C(F)(F)F)c1. The second-order valence-corrected chi connectivity index (χ2v) is 5.61. The maximum atomic E-state index is 12.6. The molecule has 0 radical (unpaired) electrons. The highest BCUT2D eigenvalue weighted by Gasteiger charge is 2.30. The average molecular weight is 365 g/mol. The van der Waals surface area contributed by atoms with Crippen LogP contribution in [-0.4, -0.2) is 44.8 Å². The quantitative estimate of drug-likeness (QED) is 0.413. The zero-order valence-electron chi connectivity index (χ0n) is 13.3. The predicted octanol–water partition coefficient (Wildman–Crippen LogP) is -0.276. The molecule has 0 aromatic heterocycles. The number of ether oxygens (including phenoxy) is 1. The van der Waals surface area contributed by atoms with Gasteiger partial charge in [-0.3, -0.25) is 15.6 Å². The predicted molar refractivity (Wildman–Crippen MR) is 86.5 cm³/mol. The Morgan fingerprint density at radius 1 is 1.29 bits per heavy atom. The number of thiocarbonyl (C=S) groups is 1. The van der Waals surface area contributed by atoms with E-state index in [1.807, 2.05) is 14.1 Å². The summed E-state index contributed by atoms with van der Waals surface area (Å²) in [5.74, 6) is -0.621. The molecule has 0 heterocycles. The van der Waals surface area contributed by atoms with Crippen molar-refractivity contribution in [2.24, 2.45) is 0 Å². The third-order valence-corrected chi connectivity index (χ3v) is 3.00. The van der Waals surface area contributed by atoms with Gasteiger partial charge in [0.25, 0.3) is 5.91 Å². The first-order valence-corrected chi connectivity index (χ1v) is 7.51. The topological polar surface area (TPSA) is 66.8 Å². The molecule has 0 spiro atoms. The molecule has 0 saturated carbocycles. The van der Waals surface area contributed by atoms with Crippen molar-refractivity contribution in [2.75, 3.05) is 33.8 Å². The van der Waals surface area contributed by atoms with Crippen LogP contribution in [0.4, 0.5) is 13.2 Å². The molecule has 134 valence electrons. The van der Waals surface area contributed by atoms with Crippen molar-refractivity contribution in [1.82, 2.24) is 16.2 Å². The van der Waals surface area contributed by atoms with Crippen LogP contribution in [0.25, 0.3) is 0 Å². The van der Waals surface area contributed by atoms with Crippen molar-refractivity contribution in [2.45, 2.75) is 6.18 Å². The third kappa shape index (κ3) is 7.97. The molecule has 10 heteroatoms. The number of quaternary nitrogens is 1. The molecular weight excluding hydrogens is 345 g/mol. The Hall–Kier alpha value is -2.07. The van der Waals surface area contributed by atoms with Crippen molar-refractivity contribution in [3.05, 3.63) is 29.8 Å². The zero-order chi connectivity index (χ0) is 18.2. The lowest BCUT2D eigenvalue weighted by molar-refractivity contribution is -0.856. The van der Waals surface area contributed by atoms with Gasteiger partial charge < -0.3 is 15.0 Å².